The number of aromatic nitrogens is 3. The highest BCUT2D eigenvalue weighted by Gasteiger charge is 2.75. The number of benzene rings is 1. The monoisotopic (exact) mass is 1020 g/mol. The van der Waals surface area contributed by atoms with Crippen LogP contribution >= 0.6 is 11.6 Å². The van der Waals surface area contributed by atoms with Crippen molar-refractivity contribution in [3.63, 3.8) is 0 Å². The van der Waals surface area contributed by atoms with E-state index in [-0.39, 0.29) is 31.1 Å². The fourth-order valence-corrected chi connectivity index (χ4v) is 10.5. The molecule has 1 aromatic carbocycles. The standard InChI is InChI=1S/C49H62ClF6N9O6/c1-28(2)19-35-43(68)63(5)38(21-30-20-31(50)14-15-33(30)34-23-58-65-18-16-57-24-39(34)65)44(69)61(3)17-10-8-6-7-9-11-36(41(66)59-35)62(4)45(70)40(29-12-13-29)60-42(67)37-22-32(51)25-64(37)46(71)47(49(54,55)56)26-48(52,53)27-47/h14-16,18,20,23-24,28-29,32,35-38,40H,6-13,17,19,21-22,25-27H2,1-5H3,(H,59,66)(H,60,67)/t32-,35+,36+,37+,38+,40+/m1/s1. The Morgan fingerprint density at radius 3 is 2.32 bits per heavy atom. The lowest BCUT2D eigenvalue weighted by molar-refractivity contribution is -0.299. The molecule has 0 spiro atoms. The molecule has 2 aromatic heterocycles. The molecule has 71 heavy (non-hydrogen) atoms. The third-order valence-corrected chi connectivity index (χ3v) is 14.8. The maximum Gasteiger partial charge on any atom is 0.403 e. The molecule has 4 aliphatic rings. The van der Waals surface area contributed by atoms with E-state index in [1.165, 1.54) is 23.9 Å². The molecule has 6 atom stereocenters. The molecule has 0 bridgehead atoms. The van der Waals surface area contributed by atoms with Crippen LogP contribution in [0.2, 0.25) is 5.02 Å². The van der Waals surface area contributed by atoms with Crippen LogP contribution in [0, 0.1) is 17.3 Å². The molecule has 22 heteroatoms. The summed E-state index contributed by atoms with van der Waals surface area (Å²) in [5.74, 6) is -9.64. The summed E-state index contributed by atoms with van der Waals surface area (Å²) in [6.45, 7) is 3.20. The largest absolute Gasteiger partial charge is 0.403 e. The van der Waals surface area contributed by atoms with Crippen molar-refractivity contribution in [3.05, 3.63) is 53.6 Å². The van der Waals surface area contributed by atoms with Crippen molar-refractivity contribution in [1.29, 1.82) is 0 Å². The van der Waals surface area contributed by atoms with Gasteiger partial charge in [0, 0.05) is 76.4 Å². The summed E-state index contributed by atoms with van der Waals surface area (Å²) < 4.78 is 87.2. The number of fused-ring (bicyclic) bond motifs is 1. The molecule has 4 fully saturated rings. The molecule has 3 aromatic rings. The molecule has 2 aliphatic carbocycles. The number of nitrogens with zero attached hydrogens (tertiary/aromatic N) is 7. The van der Waals surface area contributed by atoms with Crippen LogP contribution in [-0.2, 0) is 35.2 Å². The number of rotatable bonds is 11. The first-order valence-electron chi connectivity index (χ1n) is 24.3. The zero-order chi connectivity index (χ0) is 51.7. The molecule has 0 radical (unpaired) electrons. The molecule has 0 unspecified atom stereocenters. The van der Waals surface area contributed by atoms with Crippen molar-refractivity contribution in [2.75, 3.05) is 34.2 Å². The number of likely N-dealkylation sites (tertiary alicyclic amines) is 1. The van der Waals surface area contributed by atoms with E-state index in [0.717, 1.165) is 24.0 Å². The van der Waals surface area contributed by atoms with Gasteiger partial charge in [-0.05, 0) is 67.2 Å². The predicted octanol–water partition coefficient (Wildman–Crippen LogP) is 6.40. The first kappa shape index (κ1) is 53.3. The fourth-order valence-electron chi connectivity index (χ4n) is 10.3. The lowest BCUT2D eigenvalue weighted by Crippen LogP contribution is -2.65. The van der Waals surface area contributed by atoms with Crippen molar-refractivity contribution >= 4 is 52.6 Å². The van der Waals surface area contributed by atoms with Crippen LogP contribution < -0.4 is 10.6 Å². The van der Waals surface area contributed by atoms with Crippen molar-refractivity contribution in [1.82, 2.24) is 44.8 Å². The van der Waals surface area contributed by atoms with Crippen LogP contribution in [0.5, 0.6) is 0 Å². The fraction of sp³-hybridized carbons (Fsp3) is 0.633. The van der Waals surface area contributed by atoms with Crippen LogP contribution in [0.1, 0.15) is 96.5 Å². The Morgan fingerprint density at radius 2 is 1.66 bits per heavy atom. The second-order valence-corrected chi connectivity index (χ2v) is 20.8. The zero-order valence-corrected chi connectivity index (χ0v) is 41.2. The minimum absolute atomic E-state index is 0.0350. The Morgan fingerprint density at radius 1 is 0.972 bits per heavy atom. The van der Waals surface area contributed by atoms with Gasteiger partial charge < -0.3 is 30.2 Å². The summed E-state index contributed by atoms with van der Waals surface area (Å²) in [5.41, 5.74) is -0.680. The first-order chi connectivity index (χ1) is 33.4. The highest BCUT2D eigenvalue weighted by molar-refractivity contribution is 6.30. The number of nitrogens with one attached hydrogen (secondary N) is 2. The van der Waals surface area contributed by atoms with Crippen LogP contribution in [0.4, 0.5) is 26.3 Å². The zero-order valence-electron chi connectivity index (χ0n) is 40.5. The molecule has 15 nitrogen and oxygen atoms in total. The lowest BCUT2D eigenvalue weighted by atomic mass is 9.64. The quantitative estimate of drug-likeness (QED) is 0.208. The summed E-state index contributed by atoms with van der Waals surface area (Å²) in [6, 6.07) is -1.30. The van der Waals surface area contributed by atoms with E-state index < -0.39 is 115 Å². The van der Waals surface area contributed by atoms with E-state index >= 15 is 0 Å². The van der Waals surface area contributed by atoms with Gasteiger partial charge in [0.2, 0.25) is 35.4 Å². The molecule has 2 saturated carbocycles. The smallest absolute Gasteiger partial charge is 0.344 e. The molecular formula is C49H62ClF6N9O6. The number of hydrogen-bond acceptors (Lipinski definition) is 8. The predicted molar refractivity (Wildman–Crippen MR) is 249 cm³/mol. The summed E-state index contributed by atoms with van der Waals surface area (Å²) in [7, 11) is 4.57. The Hall–Kier alpha value is -5.47. The minimum Gasteiger partial charge on any atom is -0.344 e. The van der Waals surface area contributed by atoms with Crippen molar-refractivity contribution in [3.8, 4) is 11.1 Å². The normalized spacial score (nSPS) is 25.2. The Kier molecular flexibility index (Phi) is 16.0. The van der Waals surface area contributed by atoms with Gasteiger partial charge in [-0.25, -0.2) is 17.7 Å². The number of halogens is 7. The maximum absolute atomic E-state index is 14.9. The topological polar surface area (TPSA) is 170 Å². The number of alkyl halides is 6. The second kappa shape index (κ2) is 21.3. The Labute approximate surface area is 413 Å². The summed E-state index contributed by atoms with van der Waals surface area (Å²) in [6.07, 6.45) is -0.612. The van der Waals surface area contributed by atoms with Gasteiger partial charge in [0.05, 0.1) is 24.5 Å². The SMILES string of the molecule is CC(C)C[C@@H]1NC(=O)[C@@H](N(C)C(=O)[C@@H](NC(=O)[C@@H]2C[C@@H](F)CN2C(=O)C2(C(F)(F)F)CC(F)(F)C2)C2CC2)CCCCCCCN(C)C(=O)[C@H](Cc2cc(Cl)ccc2-c2cnn3ccncc23)N(C)C1=O. The van der Waals surface area contributed by atoms with E-state index in [9.17, 15) is 55.1 Å². The van der Waals surface area contributed by atoms with Crippen LogP contribution in [0.3, 0.4) is 0 Å². The average Bonchev–Trinajstić information content (AvgIpc) is 3.94. The maximum atomic E-state index is 14.9. The molecule has 2 saturated heterocycles. The summed E-state index contributed by atoms with van der Waals surface area (Å²) in [4.78, 5) is 94.7. The van der Waals surface area contributed by atoms with Gasteiger partial charge in [0.15, 0.2) is 5.41 Å². The Bertz CT molecular complexity index is 2480. The number of carbonyl (C=O) groups excluding carboxylic acids is 6. The number of hydrogen-bond donors (Lipinski definition) is 2. The van der Waals surface area contributed by atoms with Crippen LogP contribution in [0.25, 0.3) is 16.6 Å². The highest BCUT2D eigenvalue weighted by Crippen LogP contribution is 2.61. The van der Waals surface area contributed by atoms with Crippen LogP contribution in [-0.4, -0.2) is 152 Å². The number of carbonyl (C=O) groups is 6. The van der Waals surface area contributed by atoms with E-state index in [1.807, 2.05) is 19.9 Å². The molecule has 7 rings (SSSR count). The van der Waals surface area contributed by atoms with Crippen molar-refractivity contribution in [2.24, 2.45) is 17.3 Å². The number of amides is 6. The van der Waals surface area contributed by atoms with E-state index in [1.54, 1.807) is 53.4 Å². The van der Waals surface area contributed by atoms with E-state index in [2.05, 4.69) is 20.7 Å². The van der Waals surface area contributed by atoms with Gasteiger partial charge >= 0.3 is 6.18 Å². The van der Waals surface area contributed by atoms with Gasteiger partial charge in [-0.2, -0.15) is 18.3 Å². The third kappa shape index (κ3) is 11.6. The first-order valence-corrected chi connectivity index (χ1v) is 24.7. The highest BCUT2D eigenvalue weighted by atomic mass is 35.5. The third-order valence-electron chi connectivity index (χ3n) is 14.5. The molecular weight excluding hydrogens is 960 g/mol. The Balaban J connectivity index is 1.14. The minimum atomic E-state index is -5.40. The lowest BCUT2D eigenvalue weighted by Gasteiger charge is -2.48. The second-order valence-electron chi connectivity index (χ2n) is 20.3. The number of likely N-dealkylation sites (N-methyl/N-ethyl adjacent to an activating group) is 3. The summed E-state index contributed by atoms with van der Waals surface area (Å²) in [5, 5.41) is 10.3. The van der Waals surface area contributed by atoms with Crippen LogP contribution in [0.15, 0.2) is 43.0 Å². The van der Waals surface area contributed by atoms with Gasteiger partial charge in [0.25, 0.3) is 5.92 Å². The molecule has 2 aliphatic heterocycles. The van der Waals surface area contributed by atoms with Crippen molar-refractivity contribution < 1.29 is 55.1 Å². The summed E-state index contributed by atoms with van der Waals surface area (Å²) >= 11 is 6.58. The van der Waals surface area contributed by atoms with E-state index in [4.69, 9.17) is 11.6 Å². The molecule has 4 heterocycles. The van der Waals surface area contributed by atoms with E-state index in [0.29, 0.717) is 59.7 Å². The van der Waals surface area contributed by atoms with Gasteiger partial charge in [-0.1, -0.05) is 57.2 Å². The van der Waals surface area contributed by atoms with Crippen molar-refractivity contribution in [2.45, 2.75) is 146 Å². The molecule has 6 amide bonds. The van der Waals surface area contributed by atoms with Gasteiger partial charge in [0.1, 0.15) is 36.4 Å². The average molecular weight is 1020 g/mol. The molecule has 388 valence electrons. The van der Waals surface area contributed by atoms with Gasteiger partial charge in [-0.15, -0.1) is 0 Å². The van der Waals surface area contributed by atoms with Gasteiger partial charge in [-0.3, -0.25) is 33.8 Å². The molecule has 2 N–H and O–H groups in total.